The lowest BCUT2D eigenvalue weighted by molar-refractivity contribution is 0.0951. The van der Waals surface area contributed by atoms with Gasteiger partial charge in [0.2, 0.25) is 5.78 Å². The maximum Gasteiger partial charge on any atom is 0.232 e. The zero-order valence-corrected chi connectivity index (χ0v) is 11.9. The number of ether oxygens (including phenoxy) is 1. The van der Waals surface area contributed by atoms with Crippen molar-refractivity contribution in [1.82, 2.24) is 0 Å². The highest BCUT2D eigenvalue weighted by atomic mass is 16.5. The summed E-state index contributed by atoms with van der Waals surface area (Å²) in [5, 5.41) is 1.36. The number of Topliss-reactive ketones (excluding diaryl/α,β-unsaturated/α-hetero) is 1. The van der Waals surface area contributed by atoms with Gasteiger partial charge < -0.3 is 4.74 Å². The second-order valence-corrected chi connectivity index (χ2v) is 5.03. The number of ketones is 1. The van der Waals surface area contributed by atoms with Crippen molar-refractivity contribution in [3.05, 3.63) is 81.8 Å². The Morgan fingerprint density at radius 1 is 1.00 bits per heavy atom. The Balaban J connectivity index is 2.08. The minimum atomic E-state index is -0.156. The lowest BCUT2D eigenvalue weighted by Gasteiger charge is -2.15. The van der Waals surface area contributed by atoms with Gasteiger partial charge in [0, 0.05) is 17.3 Å². The van der Waals surface area contributed by atoms with Gasteiger partial charge in [0.05, 0.1) is 18.0 Å². The maximum absolute atomic E-state index is 12.7. The SMILES string of the molecule is COC1=C(c2ccccc2)N=c2c(ccc3c2=NC=C3)C1=O. The minimum absolute atomic E-state index is 0.156. The number of fused-ring (bicyclic) bond motifs is 3. The predicted molar refractivity (Wildman–Crippen MR) is 82.5 cm³/mol. The molecule has 0 aromatic heterocycles. The van der Waals surface area contributed by atoms with E-state index in [2.05, 4.69) is 9.98 Å². The number of carbonyl (C=O) groups excluding carboxylic acids is 1. The molecule has 0 unspecified atom stereocenters. The van der Waals surface area contributed by atoms with Crippen LogP contribution in [0.1, 0.15) is 21.5 Å². The van der Waals surface area contributed by atoms with Crippen molar-refractivity contribution < 1.29 is 9.53 Å². The van der Waals surface area contributed by atoms with Gasteiger partial charge in [0.1, 0.15) is 11.1 Å². The molecule has 0 amide bonds. The summed E-state index contributed by atoms with van der Waals surface area (Å²) in [4.78, 5) is 21.8. The first-order chi connectivity index (χ1) is 10.8. The number of hydrogen-bond donors (Lipinski definition) is 0. The van der Waals surface area contributed by atoms with Gasteiger partial charge in [0.15, 0.2) is 5.76 Å². The van der Waals surface area contributed by atoms with Crippen LogP contribution in [-0.2, 0) is 4.74 Å². The van der Waals surface area contributed by atoms with Gasteiger partial charge in [0.25, 0.3) is 0 Å². The van der Waals surface area contributed by atoms with E-state index >= 15 is 0 Å². The molecule has 2 heterocycles. The van der Waals surface area contributed by atoms with Gasteiger partial charge >= 0.3 is 0 Å². The molecule has 0 aliphatic carbocycles. The third-order valence-corrected chi connectivity index (χ3v) is 3.78. The summed E-state index contributed by atoms with van der Waals surface area (Å²) in [7, 11) is 1.50. The largest absolute Gasteiger partial charge is 0.491 e. The molecule has 0 fully saturated rings. The van der Waals surface area contributed by atoms with Crippen molar-refractivity contribution in [1.29, 1.82) is 0 Å². The Morgan fingerprint density at radius 3 is 2.59 bits per heavy atom. The van der Waals surface area contributed by atoms with Gasteiger partial charge in [-0.05, 0) is 12.1 Å². The lowest BCUT2D eigenvalue weighted by Crippen LogP contribution is -2.35. The number of benzene rings is 2. The van der Waals surface area contributed by atoms with Crippen LogP contribution in [0, 0.1) is 0 Å². The van der Waals surface area contributed by atoms with Gasteiger partial charge in [-0.3, -0.25) is 9.79 Å². The molecule has 0 bridgehead atoms. The number of methoxy groups -OCH3 is 1. The summed E-state index contributed by atoms with van der Waals surface area (Å²) >= 11 is 0. The molecule has 22 heavy (non-hydrogen) atoms. The van der Waals surface area contributed by atoms with E-state index in [-0.39, 0.29) is 11.5 Å². The van der Waals surface area contributed by atoms with Crippen LogP contribution in [0.25, 0.3) is 11.8 Å². The van der Waals surface area contributed by atoms with Gasteiger partial charge in [-0.1, -0.05) is 36.4 Å². The zero-order valence-electron chi connectivity index (χ0n) is 11.9. The predicted octanol–water partition coefficient (Wildman–Crippen LogP) is 2.12. The van der Waals surface area contributed by atoms with Crippen LogP contribution in [0.3, 0.4) is 0 Å². The van der Waals surface area contributed by atoms with Crippen LogP contribution in [0.5, 0.6) is 0 Å². The van der Waals surface area contributed by atoms with E-state index in [4.69, 9.17) is 4.74 Å². The molecule has 2 aliphatic rings. The monoisotopic (exact) mass is 288 g/mol. The average Bonchev–Trinajstić information content (AvgIpc) is 3.04. The zero-order chi connectivity index (χ0) is 15.1. The lowest BCUT2D eigenvalue weighted by atomic mass is 9.99. The molecule has 4 rings (SSSR count). The molecule has 0 spiro atoms. The number of nitrogens with zero attached hydrogens (tertiary/aromatic N) is 2. The van der Waals surface area contributed by atoms with Crippen LogP contribution in [0.2, 0.25) is 0 Å². The van der Waals surface area contributed by atoms with E-state index in [9.17, 15) is 4.79 Å². The summed E-state index contributed by atoms with van der Waals surface area (Å²) in [6.07, 6.45) is 3.63. The second-order valence-electron chi connectivity index (χ2n) is 5.03. The van der Waals surface area contributed by atoms with E-state index in [1.807, 2.05) is 42.5 Å². The van der Waals surface area contributed by atoms with Crippen LogP contribution in [-0.4, -0.2) is 12.9 Å². The number of allylic oxidation sites excluding steroid dienone is 1. The van der Waals surface area contributed by atoms with E-state index in [1.54, 1.807) is 12.3 Å². The highest BCUT2D eigenvalue weighted by molar-refractivity contribution is 6.12. The molecule has 0 atom stereocenters. The summed E-state index contributed by atoms with van der Waals surface area (Å²) in [5.41, 5.74) is 2.91. The van der Waals surface area contributed by atoms with Crippen molar-refractivity contribution >= 4 is 17.6 Å². The van der Waals surface area contributed by atoms with Gasteiger partial charge in [-0.2, -0.15) is 0 Å². The van der Waals surface area contributed by atoms with Crippen LogP contribution in [0.4, 0.5) is 0 Å². The van der Waals surface area contributed by atoms with Crippen molar-refractivity contribution in [2.75, 3.05) is 7.11 Å². The maximum atomic E-state index is 12.7. The first kappa shape index (κ1) is 12.7. The molecule has 2 aromatic carbocycles. The average molecular weight is 288 g/mol. The molecule has 0 N–H and O–H groups in total. The van der Waals surface area contributed by atoms with Crippen molar-refractivity contribution in [2.45, 2.75) is 0 Å². The second kappa shape index (κ2) is 4.77. The Labute approximate surface area is 126 Å². The summed E-state index contributed by atoms with van der Waals surface area (Å²) < 4.78 is 5.34. The molecule has 0 saturated carbocycles. The molecule has 2 aliphatic heterocycles. The molecule has 4 heteroatoms. The Kier molecular flexibility index (Phi) is 2.76. The first-order valence-electron chi connectivity index (χ1n) is 6.94. The third-order valence-electron chi connectivity index (χ3n) is 3.78. The summed E-state index contributed by atoms with van der Waals surface area (Å²) in [5.74, 6) is 0.112. The fourth-order valence-corrected chi connectivity index (χ4v) is 2.73. The highest BCUT2D eigenvalue weighted by Gasteiger charge is 2.26. The van der Waals surface area contributed by atoms with Gasteiger partial charge in [-0.25, -0.2) is 4.99 Å². The molecular weight excluding hydrogens is 276 g/mol. The first-order valence-corrected chi connectivity index (χ1v) is 6.94. The molecule has 106 valence electrons. The smallest absolute Gasteiger partial charge is 0.232 e. The van der Waals surface area contributed by atoms with E-state index in [0.29, 0.717) is 16.6 Å². The molecule has 0 saturated heterocycles. The van der Waals surface area contributed by atoms with Crippen LogP contribution >= 0.6 is 0 Å². The normalized spacial score (nSPS) is 15.0. The highest BCUT2D eigenvalue weighted by Crippen LogP contribution is 2.25. The molecular formula is C18H12N2O2. The standard InChI is InChI=1S/C18H12N2O2/c1-22-18-15(11-5-3-2-4-6-11)20-16-13(17(18)21)8-7-12-9-10-19-14(12)16/h2-10H,1H3. The fourth-order valence-electron chi connectivity index (χ4n) is 2.73. The number of rotatable bonds is 2. The van der Waals surface area contributed by atoms with E-state index < -0.39 is 0 Å². The van der Waals surface area contributed by atoms with Crippen molar-refractivity contribution in [2.24, 2.45) is 9.98 Å². The van der Waals surface area contributed by atoms with E-state index in [0.717, 1.165) is 16.5 Å². The van der Waals surface area contributed by atoms with E-state index in [1.165, 1.54) is 7.11 Å². The topological polar surface area (TPSA) is 51.0 Å². The van der Waals surface area contributed by atoms with Gasteiger partial charge in [-0.15, -0.1) is 0 Å². The van der Waals surface area contributed by atoms with Crippen LogP contribution < -0.4 is 10.7 Å². The Morgan fingerprint density at radius 2 is 1.82 bits per heavy atom. The summed E-state index contributed by atoms with van der Waals surface area (Å²) in [6.45, 7) is 0. The Hall–Kier alpha value is -3.01. The Bertz CT molecular complexity index is 970. The molecule has 2 aromatic rings. The van der Waals surface area contributed by atoms with Crippen LogP contribution in [0.15, 0.2) is 64.4 Å². The number of carbonyl (C=O) groups is 1. The minimum Gasteiger partial charge on any atom is -0.491 e. The fraction of sp³-hybridized carbons (Fsp3) is 0.0556. The quantitative estimate of drug-likeness (QED) is 0.850. The third kappa shape index (κ3) is 1.74. The molecule has 0 radical (unpaired) electrons. The number of hydrogen-bond acceptors (Lipinski definition) is 4. The summed E-state index contributed by atoms with van der Waals surface area (Å²) in [6, 6.07) is 13.2. The van der Waals surface area contributed by atoms with Crippen molar-refractivity contribution in [3.63, 3.8) is 0 Å². The van der Waals surface area contributed by atoms with Crippen molar-refractivity contribution in [3.8, 4) is 0 Å². The molecule has 4 nitrogen and oxygen atoms in total.